The van der Waals surface area contributed by atoms with Gasteiger partial charge in [-0.1, -0.05) is 35.0 Å². The average molecular weight is 325 g/mol. The first-order valence-electron chi connectivity index (χ1n) is 6.45. The third-order valence-corrected chi connectivity index (χ3v) is 3.85. The minimum absolute atomic E-state index is 0.122. The topological polar surface area (TPSA) is 58.2 Å². The molecule has 0 aliphatic carbocycles. The summed E-state index contributed by atoms with van der Waals surface area (Å²) in [6.07, 6.45) is 1.86. The van der Waals surface area contributed by atoms with Gasteiger partial charge in [-0.3, -0.25) is 20.2 Å². The molecule has 2 N–H and O–H groups in total. The number of hydrogen-bond donors (Lipinski definition) is 2. The molecule has 1 aromatic rings. The molecule has 2 rings (SSSR count). The van der Waals surface area contributed by atoms with E-state index in [9.17, 15) is 9.59 Å². The van der Waals surface area contributed by atoms with Crippen molar-refractivity contribution in [2.24, 2.45) is 0 Å². The second-order valence-corrected chi connectivity index (χ2v) is 5.60. The van der Waals surface area contributed by atoms with Crippen molar-refractivity contribution in [3.8, 4) is 0 Å². The summed E-state index contributed by atoms with van der Waals surface area (Å²) in [5.74, 6) is -0.397. The van der Waals surface area contributed by atoms with E-state index in [0.717, 1.165) is 16.5 Å². The van der Waals surface area contributed by atoms with Crippen LogP contribution in [-0.4, -0.2) is 17.9 Å². The van der Waals surface area contributed by atoms with Crippen LogP contribution in [0.15, 0.2) is 28.7 Å². The number of imide groups is 1. The van der Waals surface area contributed by atoms with Gasteiger partial charge in [-0.2, -0.15) is 0 Å². The number of hydrogen-bond acceptors (Lipinski definition) is 3. The number of amides is 2. The molecule has 2 amide bonds. The Hall–Kier alpha value is -1.20. The SMILES string of the molecule is CCC(NC1CCC(=O)NC1=O)c1ccc(Br)cc1. The van der Waals surface area contributed by atoms with Gasteiger partial charge in [0, 0.05) is 16.9 Å². The zero-order valence-electron chi connectivity index (χ0n) is 10.8. The summed E-state index contributed by atoms with van der Waals surface area (Å²) in [4.78, 5) is 22.9. The summed E-state index contributed by atoms with van der Waals surface area (Å²) in [7, 11) is 0. The Morgan fingerprint density at radius 3 is 2.63 bits per heavy atom. The standard InChI is InChI=1S/C14H17BrN2O2/c1-2-11(9-3-5-10(15)6-4-9)16-12-7-8-13(18)17-14(12)19/h3-6,11-12,16H,2,7-8H2,1H3,(H,17,18,19). The van der Waals surface area contributed by atoms with Gasteiger partial charge in [0.25, 0.3) is 0 Å². The van der Waals surface area contributed by atoms with E-state index in [0.29, 0.717) is 12.8 Å². The fraction of sp³-hybridized carbons (Fsp3) is 0.429. The quantitative estimate of drug-likeness (QED) is 0.835. The molecule has 0 saturated carbocycles. The molecule has 102 valence electrons. The maximum atomic E-state index is 11.7. The van der Waals surface area contributed by atoms with E-state index in [4.69, 9.17) is 0 Å². The molecule has 1 fully saturated rings. The second kappa shape index (κ2) is 6.30. The molecule has 4 nitrogen and oxygen atoms in total. The van der Waals surface area contributed by atoms with Crippen LogP contribution in [0.1, 0.15) is 37.8 Å². The van der Waals surface area contributed by atoms with E-state index in [-0.39, 0.29) is 23.9 Å². The maximum absolute atomic E-state index is 11.7. The Labute approximate surface area is 121 Å². The molecule has 1 aliphatic rings. The van der Waals surface area contributed by atoms with Crippen LogP contribution in [0.2, 0.25) is 0 Å². The number of carbonyl (C=O) groups excluding carboxylic acids is 2. The van der Waals surface area contributed by atoms with Gasteiger partial charge in [-0.25, -0.2) is 0 Å². The molecule has 1 aliphatic heterocycles. The maximum Gasteiger partial charge on any atom is 0.243 e. The van der Waals surface area contributed by atoms with E-state index >= 15 is 0 Å². The van der Waals surface area contributed by atoms with Gasteiger partial charge in [0.15, 0.2) is 0 Å². The molecule has 2 atom stereocenters. The van der Waals surface area contributed by atoms with Gasteiger partial charge in [-0.15, -0.1) is 0 Å². The average Bonchev–Trinajstić information content (AvgIpc) is 2.39. The van der Waals surface area contributed by atoms with E-state index in [1.807, 2.05) is 24.3 Å². The zero-order valence-corrected chi connectivity index (χ0v) is 12.4. The van der Waals surface area contributed by atoms with E-state index in [2.05, 4.69) is 33.5 Å². The largest absolute Gasteiger partial charge is 0.299 e. The van der Waals surface area contributed by atoms with Crippen LogP contribution in [-0.2, 0) is 9.59 Å². The minimum Gasteiger partial charge on any atom is -0.299 e. The van der Waals surface area contributed by atoms with E-state index in [1.165, 1.54) is 0 Å². The van der Waals surface area contributed by atoms with Crippen molar-refractivity contribution in [1.82, 2.24) is 10.6 Å². The fourth-order valence-corrected chi connectivity index (χ4v) is 2.50. The second-order valence-electron chi connectivity index (χ2n) is 4.68. The highest BCUT2D eigenvalue weighted by Crippen LogP contribution is 2.21. The summed E-state index contributed by atoms with van der Waals surface area (Å²) in [5.41, 5.74) is 1.15. The molecule has 0 radical (unpaired) electrons. The Morgan fingerprint density at radius 1 is 1.37 bits per heavy atom. The van der Waals surface area contributed by atoms with Crippen LogP contribution in [0.25, 0.3) is 0 Å². The number of benzene rings is 1. The predicted octanol–water partition coefficient (Wildman–Crippen LogP) is 2.29. The van der Waals surface area contributed by atoms with Gasteiger partial charge < -0.3 is 0 Å². The third-order valence-electron chi connectivity index (χ3n) is 3.32. The van der Waals surface area contributed by atoms with Gasteiger partial charge >= 0.3 is 0 Å². The Balaban J connectivity index is 2.05. The first kappa shape index (κ1) is 14.2. The summed E-state index contributed by atoms with van der Waals surface area (Å²) in [5, 5.41) is 5.70. The first-order valence-corrected chi connectivity index (χ1v) is 7.24. The van der Waals surface area contributed by atoms with Gasteiger partial charge in [0.1, 0.15) is 0 Å². The lowest BCUT2D eigenvalue weighted by atomic mass is 10.00. The monoisotopic (exact) mass is 324 g/mol. The molecule has 1 aromatic carbocycles. The fourth-order valence-electron chi connectivity index (χ4n) is 2.24. The smallest absolute Gasteiger partial charge is 0.243 e. The normalized spacial score (nSPS) is 21.1. The molecular weight excluding hydrogens is 308 g/mol. The van der Waals surface area contributed by atoms with Crippen molar-refractivity contribution in [3.05, 3.63) is 34.3 Å². The lowest BCUT2D eigenvalue weighted by Crippen LogP contribution is -2.51. The summed E-state index contributed by atoms with van der Waals surface area (Å²) >= 11 is 3.41. The van der Waals surface area contributed by atoms with Crippen molar-refractivity contribution in [2.45, 2.75) is 38.3 Å². The highest BCUT2D eigenvalue weighted by atomic mass is 79.9. The highest BCUT2D eigenvalue weighted by molar-refractivity contribution is 9.10. The number of nitrogens with one attached hydrogen (secondary N) is 2. The van der Waals surface area contributed by atoms with Crippen LogP contribution >= 0.6 is 15.9 Å². The van der Waals surface area contributed by atoms with Gasteiger partial charge in [0.05, 0.1) is 6.04 Å². The Bertz CT molecular complexity index is 473. The van der Waals surface area contributed by atoms with Crippen molar-refractivity contribution >= 4 is 27.7 Å². The molecule has 5 heteroatoms. The molecule has 0 aromatic heterocycles. The zero-order chi connectivity index (χ0) is 13.8. The predicted molar refractivity (Wildman–Crippen MR) is 76.5 cm³/mol. The minimum atomic E-state index is -0.286. The molecule has 2 unspecified atom stereocenters. The van der Waals surface area contributed by atoms with Crippen molar-refractivity contribution in [3.63, 3.8) is 0 Å². The van der Waals surface area contributed by atoms with Crippen LogP contribution in [0.4, 0.5) is 0 Å². The van der Waals surface area contributed by atoms with Gasteiger partial charge in [0.2, 0.25) is 11.8 Å². The third kappa shape index (κ3) is 3.64. The van der Waals surface area contributed by atoms with E-state index < -0.39 is 0 Å². The van der Waals surface area contributed by atoms with Crippen LogP contribution in [0, 0.1) is 0 Å². The van der Waals surface area contributed by atoms with Crippen molar-refractivity contribution < 1.29 is 9.59 Å². The number of piperidine rings is 1. The number of halogens is 1. The van der Waals surface area contributed by atoms with E-state index in [1.54, 1.807) is 0 Å². The molecule has 1 saturated heterocycles. The first-order chi connectivity index (χ1) is 9.10. The highest BCUT2D eigenvalue weighted by Gasteiger charge is 2.28. The Kier molecular flexibility index (Phi) is 4.71. The number of carbonyl (C=O) groups is 2. The molecule has 0 spiro atoms. The van der Waals surface area contributed by atoms with Gasteiger partial charge in [-0.05, 0) is 30.5 Å². The molecule has 1 heterocycles. The summed E-state index contributed by atoms with van der Waals surface area (Å²) in [6.45, 7) is 2.07. The number of rotatable bonds is 4. The summed E-state index contributed by atoms with van der Waals surface area (Å²) < 4.78 is 1.03. The molecule has 19 heavy (non-hydrogen) atoms. The van der Waals surface area contributed by atoms with Crippen LogP contribution in [0.3, 0.4) is 0 Å². The van der Waals surface area contributed by atoms with Crippen molar-refractivity contribution in [1.29, 1.82) is 0 Å². The lowest BCUT2D eigenvalue weighted by Gasteiger charge is -2.27. The van der Waals surface area contributed by atoms with Crippen LogP contribution < -0.4 is 10.6 Å². The van der Waals surface area contributed by atoms with Crippen LogP contribution in [0.5, 0.6) is 0 Å². The van der Waals surface area contributed by atoms with Crippen molar-refractivity contribution in [2.75, 3.05) is 0 Å². The summed E-state index contributed by atoms with van der Waals surface area (Å²) in [6, 6.07) is 7.89. The molecule has 0 bridgehead atoms. The Morgan fingerprint density at radius 2 is 2.05 bits per heavy atom. The lowest BCUT2D eigenvalue weighted by molar-refractivity contribution is -0.134. The molecular formula is C14H17BrN2O2.